The van der Waals surface area contributed by atoms with Crippen molar-refractivity contribution in [3.05, 3.63) is 29.6 Å². The molecule has 0 aliphatic carbocycles. The summed E-state index contributed by atoms with van der Waals surface area (Å²) in [5, 5.41) is 0.243. The average molecular weight is 345 g/mol. The van der Waals surface area contributed by atoms with Gasteiger partial charge in [-0.15, -0.1) is 0 Å². The van der Waals surface area contributed by atoms with E-state index in [1.165, 1.54) is 36.9 Å². The molecule has 1 aromatic carbocycles. The molecule has 1 aromatic rings. The minimum absolute atomic E-state index is 0.139. The van der Waals surface area contributed by atoms with Crippen LogP contribution in [0.5, 0.6) is 0 Å². The lowest BCUT2D eigenvalue weighted by Crippen LogP contribution is -2.47. The first-order valence-corrected chi connectivity index (χ1v) is 8.32. The van der Waals surface area contributed by atoms with E-state index in [2.05, 4.69) is 4.99 Å². The molecule has 2 aliphatic rings. The van der Waals surface area contributed by atoms with Crippen LogP contribution in [-0.4, -0.2) is 29.6 Å². The number of nitrogen functional groups attached to an aromatic ring is 1. The maximum Gasteiger partial charge on any atom is 0.273 e. The number of amidine groups is 1. The van der Waals surface area contributed by atoms with Crippen molar-refractivity contribution in [2.75, 3.05) is 18.1 Å². The summed E-state index contributed by atoms with van der Waals surface area (Å²) in [4.78, 5) is 4.35. The van der Waals surface area contributed by atoms with E-state index in [1.54, 1.807) is 0 Å². The first kappa shape index (κ1) is 16.4. The number of hydrogen-bond acceptors (Lipinski definition) is 5. The highest BCUT2D eigenvalue weighted by atomic mass is 32.2. The average Bonchev–Trinajstić information content (AvgIpc) is 2.90. The highest BCUT2D eigenvalue weighted by Crippen LogP contribution is 2.52. The predicted octanol–water partition coefficient (Wildman–Crippen LogP) is 2.73. The zero-order valence-electron chi connectivity index (χ0n) is 12.6. The van der Waals surface area contributed by atoms with Gasteiger partial charge in [-0.05, 0) is 18.2 Å². The molecule has 0 saturated carbocycles. The number of benzene rings is 1. The van der Waals surface area contributed by atoms with E-state index in [9.17, 15) is 13.2 Å². The molecule has 23 heavy (non-hydrogen) atoms. The van der Waals surface area contributed by atoms with Crippen LogP contribution in [0.1, 0.15) is 18.9 Å². The van der Waals surface area contributed by atoms with E-state index in [0.717, 1.165) is 0 Å². The van der Waals surface area contributed by atoms with E-state index in [1.807, 2.05) is 0 Å². The van der Waals surface area contributed by atoms with Crippen LogP contribution in [0.2, 0.25) is 0 Å². The predicted molar refractivity (Wildman–Crippen MR) is 85.0 cm³/mol. The topological polar surface area (TPSA) is 73.6 Å². The second-order valence-corrected chi connectivity index (χ2v) is 6.92. The van der Waals surface area contributed by atoms with Crippen LogP contribution in [0.25, 0.3) is 0 Å². The smallest absolute Gasteiger partial charge is 0.273 e. The number of nitrogens with zero attached hydrogens (tertiary/aromatic N) is 1. The molecule has 1 fully saturated rings. The first-order valence-electron chi connectivity index (χ1n) is 7.33. The summed E-state index contributed by atoms with van der Waals surface area (Å²) < 4.78 is 48.3. The van der Waals surface area contributed by atoms with E-state index < -0.39 is 29.3 Å². The lowest BCUT2D eigenvalue weighted by Gasteiger charge is -2.37. The largest absolute Gasteiger partial charge is 0.399 e. The maximum atomic E-state index is 14.4. The lowest BCUT2D eigenvalue weighted by molar-refractivity contribution is -0.128. The molecular formula is C15H18F3N3OS. The van der Waals surface area contributed by atoms with Crippen LogP contribution in [0.3, 0.4) is 0 Å². The number of anilines is 1. The Morgan fingerprint density at radius 1 is 1.43 bits per heavy atom. The summed E-state index contributed by atoms with van der Waals surface area (Å²) in [6, 6.07) is 4.07. The SMILES string of the molecule is CCC(F)(F)[C@H]1OC[C@]2(c3cc(N)ccc3F)N=C(N)SC[C@H]12. The van der Waals surface area contributed by atoms with Gasteiger partial charge in [-0.1, -0.05) is 18.7 Å². The lowest BCUT2D eigenvalue weighted by atomic mass is 9.77. The number of aliphatic imine (C=N–C) groups is 1. The van der Waals surface area contributed by atoms with Gasteiger partial charge in [0.2, 0.25) is 0 Å². The Labute approximate surface area is 136 Å². The fraction of sp³-hybridized carbons (Fsp3) is 0.533. The monoisotopic (exact) mass is 345 g/mol. The molecule has 2 aliphatic heterocycles. The molecule has 4 nitrogen and oxygen atoms in total. The maximum absolute atomic E-state index is 14.4. The van der Waals surface area contributed by atoms with E-state index in [-0.39, 0.29) is 23.8 Å². The molecule has 3 atom stereocenters. The molecule has 4 N–H and O–H groups in total. The van der Waals surface area contributed by atoms with Crippen molar-refractivity contribution in [1.29, 1.82) is 0 Å². The Morgan fingerprint density at radius 2 is 2.17 bits per heavy atom. The second-order valence-electron chi connectivity index (χ2n) is 5.88. The Balaban J connectivity index is 2.13. The molecule has 0 unspecified atom stereocenters. The van der Waals surface area contributed by atoms with Crippen molar-refractivity contribution in [2.45, 2.75) is 30.9 Å². The van der Waals surface area contributed by atoms with Crippen LogP contribution >= 0.6 is 11.8 Å². The van der Waals surface area contributed by atoms with Gasteiger partial charge >= 0.3 is 0 Å². The van der Waals surface area contributed by atoms with E-state index in [0.29, 0.717) is 11.4 Å². The molecule has 8 heteroatoms. The van der Waals surface area contributed by atoms with Gasteiger partial charge in [0, 0.05) is 29.3 Å². The van der Waals surface area contributed by atoms with Crippen LogP contribution in [-0.2, 0) is 10.3 Å². The third kappa shape index (κ3) is 2.57. The van der Waals surface area contributed by atoms with Crippen LogP contribution in [0.15, 0.2) is 23.2 Å². The van der Waals surface area contributed by atoms with Crippen molar-refractivity contribution in [3.63, 3.8) is 0 Å². The summed E-state index contributed by atoms with van der Waals surface area (Å²) in [7, 11) is 0. The zero-order chi connectivity index (χ0) is 16.8. The summed E-state index contributed by atoms with van der Waals surface area (Å²) in [5.41, 5.74) is 10.8. The third-order valence-electron chi connectivity index (χ3n) is 4.53. The Kier molecular flexibility index (Phi) is 4.00. The number of thioether (sulfide) groups is 1. The molecule has 126 valence electrons. The number of ether oxygens (including phenoxy) is 1. The van der Waals surface area contributed by atoms with Crippen molar-refractivity contribution in [3.8, 4) is 0 Å². The summed E-state index contributed by atoms with van der Waals surface area (Å²) in [6.07, 6.45) is -1.68. The van der Waals surface area contributed by atoms with E-state index >= 15 is 0 Å². The highest BCUT2D eigenvalue weighted by Gasteiger charge is 2.60. The Morgan fingerprint density at radius 3 is 2.87 bits per heavy atom. The number of halogens is 3. The number of alkyl halides is 2. The summed E-state index contributed by atoms with van der Waals surface area (Å²) >= 11 is 1.19. The van der Waals surface area contributed by atoms with Gasteiger partial charge in [-0.2, -0.15) is 0 Å². The quantitative estimate of drug-likeness (QED) is 0.826. The van der Waals surface area contributed by atoms with Gasteiger partial charge in [0.05, 0.1) is 6.61 Å². The zero-order valence-corrected chi connectivity index (χ0v) is 13.4. The fourth-order valence-electron chi connectivity index (χ4n) is 3.26. The molecule has 0 aromatic heterocycles. The second kappa shape index (κ2) is 5.59. The van der Waals surface area contributed by atoms with Gasteiger partial charge in [0.25, 0.3) is 5.92 Å². The Bertz CT molecular complexity index is 655. The van der Waals surface area contributed by atoms with Crippen LogP contribution in [0, 0.1) is 11.7 Å². The van der Waals surface area contributed by atoms with Gasteiger partial charge in [-0.3, -0.25) is 0 Å². The number of hydrogen-bond donors (Lipinski definition) is 2. The standard InChI is InChI=1S/C15H18F3N3OS/c1-2-15(17,18)12-10-6-23-13(20)21-14(10,7-22-12)9-5-8(19)3-4-11(9)16/h3-5,10,12H,2,6-7,19H2,1H3,(H2,20,21)/t10-,12+,14-/m1/s1. The van der Waals surface area contributed by atoms with Gasteiger partial charge in [-0.25, -0.2) is 18.2 Å². The van der Waals surface area contributed by atoms with Crippen molar-refractivity contribution in [1.82, 2.24) is 0 Å². The molecular weight excluding hydrogens is 327 g/mol. The summed E-state index contributed by atoms with van der Waals surface area (Å²) in [5.74, 6) is -3.93. The molecule has 3 rings (SSSR count). The van der Waals surface area contributed by atoms with Crippen molar-refractivity contribution >= 4 is 22.6 Å². The molecule has 0 bridgehead atoms. The van der Waals surface area contributed by atoms with Crippen molar-refractivity contribution in [2.24, 2.45) is 16.6 Å². The number of fused-ring (bicyclic) bond motifs is 1. The minimum Gasteiger partial charge on any atom is -0.399 e. The van der Waals surface area contributed by atoms with Crippen LogP contribution in [0.4, 0.5) is 18.9 Å². The summed E-state index contributed by atoms with van der Waals surface area (Å²) in [6.45, 7) is 1.26. The van der Waals surface area contributed by atoms with Crippen molar-refractivity contribution < 1.29 is 17.9 Å². The van der Waals surface area contributed by atoms with Crippen LogP contribution < -0.4 is 11.5 Å². The Hall–Kier alpha value is -1.41. The number of nitrogens with two attached hydrogens (primary N) is 2. The van der Waals surface area contributed by atoms with E-state index in [4.69, 9.17) is 16.2 Å². The fourth-order valence-corrected chi connectivity index (χ4v) is 4.29. The van der Waals surface area contributed by atoms with Gasteiger partial charge < -0.3 is 16.2 Å². The first-order chi connectivity index (χ1) is 10.8. The highest BCUT2D eigenvalue weighted by molar-refractivity contribution is 8.13. The number of rotatable bonds is 3. The minimum atomic E-state index is -3.01. The molecule has 1 saturated heterocycles. The molecule has 2 heterocycles. The third-order valence-corrected chi connectivity index (χ3v) is 5.44. The van der Waals surface area contributed by atoms with Gasteiger partial charge in [0.1, 0.15) is 17.5 Å². The molecule has 0 radical (unpaired) electrons. The normalized spacial score (nSPS) is 30.9. The molecule has 0 spiro atoms. The molecule has 0 amide bonds. The van der Waals surface area contributed by atoms with Gasteiger partial charge in [0.15, 0.2) is 5.17 Å².